The minimum atomic E-state index is -0.554. The second-order valence-electron chi connectivity index (χ2n) is 6.63. The standard InChI is InChI=1S/C22H19F2N5O/c1-2-26-22-27-20(15-8-7-14(23)11-13(15)12-25)16-9-10-19(30)29(21(16)28-22)18-6-4-3-5-17(18)24/h3-11H,2,12,25H2,1H3,(H,26,27,28). The van der Waals surface area contributed by atoms with E-state index in [9.17, 15) is 13.6 Å². The molecule has 152 valence electrons. The lowest BCUT2D eigenvalue weighted by Crippen LogP contribution is -2.20. The molecule has 2 aromatic heterocycles. The molecule has 0 aliphatic heterocycles. The van der Waals surface area contributed by atoms with E-state index in [2.05, 4.69) is 15.3 Å². The summed E-state index contributed by atoms with van der Waals surface area (Å²) in [5, 5.41) is 3.55. The average Bonchev–Trinajstić information content (AvgIpc) is 2.74. The highest BCUT2D eigenvalue weighted by Gasteiger charge is 2.18. The van der Waals surface area contributed by atoms with Gasteiger partial charge in [0.2, 0.25) is 5.95 Å². The molecule has 0 saturated carbocycles. The molecule has 0 fully saturated rings. The average molecular weight is 407 g/mol. The number of benzene rings is 2. The van der Waals surface area contributed by atoms with Crippen molar-refractivity contribution in [3.63, 3.8) is 0 Å². The SMILES string of the molecule is CCNc1nc(-c2ccc(F)cc2CN)c2ccc(=O)n(-c3ccccc3F)c2n1. The van der Waals surface area contributed by atoms with E-state index in [1.165, 1.54) is 34.9 Å². The molecule has 4 aromatic rings. The predicted octanol–water partition coefficient (Wildman–Crippen LogP) is 3.62. The van der Waals surface area contributed by atoms with Crippen LogP contribution >= 0.6 is 0 Å². The maximum Gasteiger partial charge on any atom is 0.256 e. The number of rotatable bonds is 5. The lowest BCUT2D eigenvalue weighted by molar-refractivity contribution is 0.617. The predicted molar refractivity (Wildman–Crippen MR) is 113 cm³/mol. The quantitative estimate of drug-likeness (QED) is 0.528. The molecule has 2 heterocycles. The van der Waals surface area contributed by atoms with Crippen LogP contribution in [0.3, 0.4) is 0 Å². The van der Waals surface area contributed by atoms with Gasteiger partial charge in [-0.15, -0.1) is 0 Å². The van der Waals surface area contributed by atoms with Crippen molar-refractivity contribution >= 4 is 17.0 Å². The zero-order valence-corrected chi connectivity index (χ0v) is 16.2. The Bertz CT molecular complexity index is 1300. The van der Waals surface area contributed by atoms with Crippen molar-refractivity contribution in [1.82, 2.24) is 14.5 Å². The number of fused-ring (bicyclic) bond motifs is 1. The van der Waals surface area contributed by atoms with Gasteiger partial charge in [0.05, 0.1) is 11.4 Å². The second kappa shape index (κ2) is 8.00. The Morgan fingerprint density at radius 1 is 1.07 bits per heavy atom. The van der Waals surface area contributed by atoms with Gasteiger partial charge in [-0.05, 0) is 48.9 Å². The summed E-state index contributed by atoms with van der Waals surface area (Å²) in [6.07, 6.45) is 0. The first kappa shape index (κ1) is 19.7. The topological polar surface area (TPSA) is 85.8 Å². The van der Waals surface area contributed by atoms with E-state index in [1.54, 1.807) is 24.3 Å². The first-order valence-corrected chi connectivity index (χ1v) is 9.45. The lowest BCUT2D eigenvalue weighted by Gasteiger charge is -2.16. The Kier molecular flexibility index (Phi) is 5.24. The minimum Gasteiger partial charge on any atom is -0.354 e. The molecule has 0 aliphatic rings. The maximum absolute atomic E-state index is 14.5. The lowest BCUT2D eigenvalue weighted by atomic mass is 10.0. The second-order valence-corrected chi connectivity index (χ2v) is 6.63. The molecule has 0 bridgehead atoms. The van der Waals surface area contributed by atoms with Gasteiger partial charge in [0.25, 0.3) is 5.56 Å². The van der Waals surface area contributed by atoms with Crippen LogP contribution in [0.4, 0.5) is 14.7 Å². The van der Waals surface area contributed by atoms with Crippen molar-refractivity contribution in [1.29, 1.82) is 0 Å². The van der Waals surface area contributed by atoms with Crippen molar-refractivity contribution < 1.29 is 8.78 Å². The normalized spacial score (nSPS) is 11.1. The Hall–Kier alpha value is -3.65. The zero-order valence-electron chi connectivity index (χ0n) is 16.2. The van der Waals surface area contributed by atoms with Gasteiger partial charge in [-0.25, -0.2) is 13.8 Å². The highest BCUT2D eigenvalue weighted by atomic mass is 19.1. The Morgan fingerprint density at radius 2 is 1.87 bits per heavy atom. The molecule has 6 nitrogen and oxygen atoms in total. The van der Waals surface area contributed by atoms with Crippen molar-refractivity contribution in [2.24, 2.45) is 5.73 Å². The number of nitrogens with one attached hydrogen (secondary N) is 1. The van der Waals surface area contributed by atoms with Gasteiger partial charge >= 0.3 is 0 Å². The van der Waals surface area contributed by atoms with Crippen LogP contribution in [0.25, 0.3) is 28.0 Å². The molecular weight excluding hydrogens is 388 g/mol. The van der Waals surface area contributed by atoms with Crippen molar-refractivity contribution in [2.45, 2.75) is 13.5 Å². The van der Waals surface area contributed by atoms with Crippen molar-refractivity contribution in [2.75, 3.05) is 11.9 Å². The van der Waals surface area contributed by atoms with Crippen LogP contribution in [0.1, 0.15) is 12.5 Å². The molecule has 0 radical (unpaired) electrons. The fourth-order valence-corrected chi connectivity index (χ4v) is 3.39. The number of anilines is 1. The highest BCUT2D eigenvalue weighted by Crippen LogP contribution is 2.31. The Morgan fingerprint density at radius 3 is 2.60 bits per heavy atom. The number of hydrogen-bond donors (Lipinski definition) is 2. The Balaban J connectivity index is 2.12. The third-order valence-corrected chi connectivity index (χ3v) is 4.72. The van der Waals surface area contributed by atoms with E-state index in [0.717, 1.165) is 0 Å². The van der Waals surface area contributed by atoms with E-state index in [-0.39, 0.29) is 23.8 Å². The van der Waals surface area contributed by atoms with Crippen LogP contribution in [-0.2, 0) is 6.54 Å². The molecule has 8 heteroatoms. The first-order chi connectivity index (χ1) is 14.5. The monoisotopic (exact) mass is 407 g/mol. The van der Waals surface area contributed by atoms with E-state index >= 15 is 0 Å². The number of halogens is 2. The maximum atomic E-state index is 14.5. The van der Waals surface area contributed by atoms with Crippen LogP contribution < -0.4 is 16.6 Å². The van der Waals surface area contributed by atoms with Crippen LogP contribution in [0.2, 0.25) is 0 Å². The fraction of sp³-hybridized carbons (Fsp3) is 0.136. The number of para-hydroxylation sites is 1. The Labute approximate surface area is 171 Å². The number of hydrogen-bond acceptors (Lipinski definition) is 5. The molecule has 0 amide bonds. The summed E-state index contributed by atoms with van der Waals surface area (Å²) in [4.78, 5) is 21.8. The number of nitrogens with two attached hydrogens (primary N) is 1. The number of aromatic nitrogens is 3. The third kappa shape index (κ3) is 3.42. The van der Waals surface area contributed by atoms with E-state index in [4.69, 9.17) is 5.73 Å². The summed E-state index contributed by atoms with van der Waals surface area (Å²) >= 11 is 0. The molecule has 30 heavy (non-hydrogen) atoms. The molecular formula is C22H19F2N5O. The smallest absolute Gasteiger partial charge is 0.256 e. The van der Waals surface area contributed by atoms with E-state index < -0.39 is 17.2 Å². The first-order valence-electron chi connectivity index (χ1n) is 9.45. The van der Waals surface area contributed by atoms with Crippen LogP contribution in [-0.4, -0.2) is 21.1 Å². The molecule has 0 spiro atoms. The van der Waals surface area contributed by atoms with Crippen molar-refractivity contribution in [3.8, 4) is 16.9 Å². The van der Waals surface area contributed by atoms with Gasteiger partial charge < -0.3 is 11.1 Å². The summed E-state index contributed by atoms with van der Waals surface area (Å²) in [5.41, 5.74) is 7.36. The van der Waals surface area contributed by atoms with Crippen LogP contribution in [0, 0.1) is 11.6 Å². The van der Waals surface area contributed by atoms with Gasteiger partial charge in [-0.3, -0.25) is 9.36 Å². The zero-order chi connectivity index (χ0) is 21.3. The summed E-state index contributed by atoms with van der Waals surface area (Å²) in [5.74, 6) is -0.697. The van der Waals surface area contributed by atoms with Gasteiger partial charge in [0.1, 0.15) is 11.6 Å². The largest absolute Gasteiger partial charge is 0.354 e. The van der Waals surface area contributed by atoms with E-state index in [0.29, 0.717) is 28.8 Å². The van der Waals surface area contributed by atoms with Crippen LogP contribution in [0.15, 0.2) is 59.4 Å². The molecule has 2 aromatic carbocycles. The molecule has 0 saturated heterocycles. The van der Waals surface area contributed by atoms with E-state index in [1.807, 2.05) is 6.92 Å². The van der Waals surface area contributed by atoms with Gasteiger partial charge in [0.15, 0.2) is 5.65 Å². The minimum absolute atomic E-state index is 0.0818. The van der Waals surface area contributed by atoms with Crippen LogP contribution in [0.5, 0.6) is 0 Å². The summed E-state index contributed by atoms with van der Waals surface area (Å²) in [6.45, 7) is 2.52. The van der Waals surface area contributed by atoms with Gasteiger partial charge in [-0.1, -0.05) is 12.1 Å². The molecule has 4 rings (SSSR count). The summed E-state index contributed by atoms with van der Waals surface area (Å²) < 4.78 is 29.5. The highest BCUT2D eigenvalue weighted by molar-refractivity contribution is 5.93. The molecule has 0 unspecified atom stereocenters. The number of pyridine rings is 1. The summed E-state index contributed by atoms with van der Waals surface area (Å²) in [6, 6.07) is 13.2. The summed E-state index contributed by atoms with van der Waals surface area (Å²) in [7, 11) is 0. The molecule has 0 aliphatic carbocycles. The van der Waals surface area contributed by atoms with Crippen molar-refractivity contribution in [3.05, 3.63) is 82.1 Å². The van der Waals surface area contributed by atoms with Gasteiger partial charge in [-0.2, -0.15) is 4.98 Å². The molecule has 3 N–H and O–H groups in total. The molecule has 0 atom stereocenters. The number of nitrogens with zero attached hydrogens (tertiary/aromatic N) is 3. The fourth-order valence-electron chi connectivity index (χ4n) is 3.39. The van der Waals surface area contributed by atoms with Gasteiger partial charge in [0, 0.05) is 30.1 Å². The third-order valence-electron chi connectivity index (χ3n) is 4.72.